The average molecular weight is 390 g/mol. The molecule has 0 bridgehead atoms. The summed E-state index contributed by atoms with van der Waals surface area (Å²) in [5, 5.41) is 6.01. The Bertz CT molecular complexity index is 1020. The van der Waals surface area contributed by atoms with E-state index in [1.165, 1.54) is 7.11 Å². The summed E-state index contributed by atoms with van der Waals surface area (Å²) >= 11 is 0. The second-order valence-electron chi connectivity index (χ2n) is 6.52. The third kappa shape index (κ3) is 5.10. The SMILES string of the molecule is COC(=O)c1cccc(Nc2ccnc(C(=O)Nc3ccc(N(C)C)cc3)c2)c1. The van der Waals surface area contributed by atoms with Gasteiger partial charge in [-0.1, -0.05) is 6.07 Å². The van der Waals surface area contributed by atoms with Gasteiger partial charge in [0.15, 0.2) is 0 Å². The Hall–Kier alpha value is -3.87. The van der Waals surface area contributed by atoms with Gasteiger partial charge in [0.1, 0.15) is 5.69 Å². The van der Waals surface area contributed by atoms with Crippen molar-refractivity contribution in [2.24, 2.45) is 0 Å². The van der Waals surface area contributed by atoms with Crippen molar-refractivity contribution in [3.63, 3.8) is 0 Å². The number of rotatable bonds is 6. The first-order valence-corrected chi connectivity index (χ1v) is 8.96. The lowest BCUT2D eigenvalue weighted by Crippen LogP contribution is -2.14. The molecule has 1 heterocycles. The van der Waals surface area contributed by atoms with E-state index in [4.69, 9.17) is 4.74 Å². The Morgan fingerprint density at radius 1 is 0.931 bits per heavy atom. The van der Waals surface area contributed by atoms with Crippen LogP contribution in [0, 0.1) is 0 Å². The highest BCUT2D eigenvalue weighted by atomic mass is 16.5. The van der Waals surface area contributed by atoms with Crippen LogP contribution in [0.1, 0.15) is 20.8 Å². The lowest BCUT2D eigenvalue weighted by Gasteiger charge is -2.13. The van der Waals surface area contributed by atoms with Gasteiger partial charge in [-0.3, -0.25) is 9.78 Å². The zero-order valence-electron chi connectivity index (χ0n) is 16.5. The average Bonchev–Trinajstić information content (AvgIpc) is 2.74. The number of benzene rings is 2. The van der Waals surface area contributed by atoms with Crippen LogP contribution in [0.2, 0.25) is 0 Å². The minimum Gasteiger partial charge on any atom is -0.465 e. The molecule has 2 N–H and O–H groups in total. The van der Waals surface area contributed by atoms with Crippen LogP contribution in [0.3, 0.4) is 0 Å². The fourth-order valence-electron chi connectivity index (χ4n) is 2.68. The molecule has 0 saturated heterocycles. The fraction of sp³-hybridized carbons (Fsp3) is 0.136. The van der Waals surface area contributed by atoms with E-state index in [9.17, 15) is 9.59 Å². The molecule has 0 atom stereocenters. The molecular weight excluding hydrogens is 368 g/mol. The largest absolute Gasteiger partial charge is 0.465 e. The van der Waals surface area contributed by atoms with Crippen molar-refractivity contribution in [1.82, 2.24) is 4.98 Å². The summed E-state index contributed by atoms with van der Waals surface area (Å²) in [6.45, 7) is 0. The van der Waals surface area contributed by atoms with Gasteiger partial charge in [0.2, 0.25) is 0 Å². The van der Waals surface area contributed by atoms with Crippen LogP contribution in [0.25, 0.3) is 0 Å². The molecule has 2 aromatic carbocycles. The van der Waals surface area contributed by atoms with Gasteiger partial charge in [-0.25, -0.2) is 4.79 Å². The molecule has 3 aromatic rings. The maximum absolute atomic E-state index is 12.5. The van der Waals surface area contributed by atoms with E-state index >= 15 is 0 Å². The van der Waals surface area contributed by atoms with Crippen molar-refractivity contribution in [2.45, 2.75) is 0 Å². The third-order valence-electron chi connectivity index (χ3n) is 4.21. The number of hydrogen-bond acceptors (Lipinski definition) is 6. The smallest absolute Gasteiger partial charge is 0.337 e. The van der Waals surface area contributed by atoms with Crippen LogP contribution in [0.4, 0.5) is 22.7 Å². The van der Waals surface area contributed by atoms with E-state index in [1.54, 1.807) is 36.5 Å². The number of hydrogen-bond donors (Lipinski definition) is 2. The fourth-order valence-corrected chi connectivity index (χ4v) is 2.68. The number of methoxy groups -OCH3 is 1. The molecule has 0 unspecified atom stereocenters. The summed E-state index contributed by atoms with van der Waals surface area (Å²) in [5.74, 6) is -0.724. The minimum atomic E-state index is -0.413. The standard InChI is InChI=1S/C22H22N4O3/c1-26(2)19-9-7-16(8-10-19)25-21(27)20-14-18(11-12-23-20)24-17-6-4-5-15(13-17)22(28)29-3/h4-14H,1-3H3,(H,23,24)(H,25,27). The number of nitrogens with zero attached hydrogens (tertiary/aromatic N) is 2. The van der Waals surface area contributed by atoms with Gasteiger partial charge in [-0.05, 0) is 54.6 Å². The summed E-state index contributed by atoms with van der Waals surface area (Å²) in [6.07, 6.45) is 1.55. The number of carbonyl (C=O) groups is 2. The van der Waals surface area contributed by atoms with Crippen molar-refractivity contribution in [2.75, 3.05) is 36.7 Å². The van der Waals surface area contributed by atoms with Crippen molar-refractivity contribution in [3.05, 3.63) is 78.1 Å². The topological polar surface area (TPSA) is 83.6 Å². The lowest BCUT2D eigenvalue weighted by atomic mass is 10.2. The van der Waals surface area contributed by atoms with Crippen LogP contribution in [-0.2, 0) is 4.74 Å². The first-order valence-electron chi connectivity index (χ1n) is 8.96. The van der Waals surface area contributed by atoms with Gasteiger partial charge >= 0.3 is 5.97 Å². The Labute approximate surface area is 169 Å². The molecule has 148 valence electrons. The summed E-state index contributed by atoms with van der Waals surface area (Å²) in [7, 11) is 5.25. The van der Waals surface area contributed by atoms with Gasteiger partial charge in [0, 0.05) is 43.0 Å². The Morgan fingerprint density at radius 3 is 2.34 bits per heavy atom. The molecule has 0 spiro atoms. The molecule has 0 radical (unpaired) electrons. The van der Waals surface area contributed by atoms with Crippen LogP contribution in [0.15, 0.2) is 66.9 Å². The highest BCUT2D eigenvalue weighted by Crippen LogP contribution is 2.20. The highest BCUT2D eigenvalue weighted by molar-refractivity contribution is 6.03. The van der Waals surface area contributed by atoms with Gasteiger partial charge in [0.05, 0.1) is 12.7 Å². The second kappa shape index (κ2) is 8.88. The number of anilines is 4. The molecule has 1 amide bonds. The highest BCUT2D eigenvalue weighted by Gasteiger charge is 2.10. The third-order valence-corrected chi connectivity index (χ3v) is 4.21. The summed E-state index contributed by atoms with van der Waals surface area (Å²) < 4.78 is 4.74. The molecule has 3 rings (SSSR count). The molecule has 0 aliphatic rings. The van der Waals surface area contributed by atoms with Crippen LogP contribution in [0.5, 0.6) is 0 Å². The number of ether oxygens (including phenoxy) is 1. The number of pyridine rings is 1. The Morgan fingerprint density at radius 2 is 1.66 bits per heavy atom. The van der Waals surface area contributed by atoms with Crippen molar-refractivity contribution < 1.29 is 14.3 Å². The molecule has 0 saturated carbocycles. The molecule has 1 aromatic heterocycles. The van der Waals surface area contributed by atoms with Crippen molar-refractivity contribution in [3.8, 4) is 0 Å². The molecule has 0 aliphatic heterocycles. The minimum absolute atomic E-state index is 0.274. The summed E-state index contributed by atoms with van der Waals surface area (Å²) in [5.41, 5.74) is 3.81. The lowest BCUT2D eigenvalue weighted by molar-refractivity contribution is 0.0600. The van der Waals surface area contributed by atoms with E-state index in [-0.39, 0.29) is 11.6 Å². The van der Waals surface area contributed by atoms with Crippen LogP contribution >= 0.6 is 0 Å². The van der Waals surface area contributed by atoms with E-state index in [0.717, 1.165) is 5.69 Å². The van der Waals surface area contributed by atoms with E-state index in [0.29, 0.717) is 22.6 Å². The Kier molecular flexibility index (Phi) is 6.09. The maximum atomic E-state index is 12.5. The predicted octanol–water partition coefficient (Wildman–Crippen LogP) is 3.93. The van der Waals surface area contributed by atoms with E-state index in [1.807, 2.05) is 49.3 Å². The summed E-state index contributed by atoms with van der Waals surface area (Å²) in [4.78, 5) is 30.4. The number of amides is 1. The second-order valence-corrected chi connectivity index (χ2v) is 6.52. The van der Waals surface area contributed by atoms with Gasteiger partial charge in [0.25, 0.3) is 5.91 Å². The first kappa shape index (κ1) is 19.9. The van der Waals surface area contributed by atoms with E-state index in [2.05, 4.69) is 15.6 Å². The molecule has 7 nitrogen and oxygen atoms in total. The zero-order valence-corrected chi connectivity index (χ0v) is 16.5. The number of aromatic nitrogens is 1. The maximum Gasteiger partial charge on any atom is 0.337 e. The molecule has 0 aliphatic carbocycles. The summed E-state index contributed by atoms with van der Waals surface area (Å²) in [6, 6.07) is 17.8. The number of carbonyl (C=O) groups excluding carboxylic acids is 2. The molecule has 0 fully saturated rings. The van der Waals surface area contributed by atoms with Crippen molar-refractivity contribution in [1.29, 1.82) is 0 Å². The van der Waals surface area contributed by atoms with Gasteiger partial charge in [-0.2, -0.15) is 0 Å². The van der Waals surface area contributed by atoms with Gasteiger partial charge in [-0.15, -0.1) is 0 Å². The van der Waals surface area contributed by atoms with Crippen LogP contribution in [-0.4, -0.2) is 38.1 Å². The number of esters is 1. The monoisotopic (exact) mass is 390 g/mol. The van der Waals surface area contributed by atoms with Crippen molar-refractivity contribution >= 4 is 34.6 Å². The normalized spacial score (nSPS) is 10.2. The Balaban J connectivity index is 1.72. The van der Waals surface area contributed by atoms with Crippen LogP contribution < -0.4 is 15.5 Å². The zero-order chi connectivity index (χ0) is 20.8. The van der Waals surface area contributed by atoms with Gasteiger partial charge < -0.3 is 20.3 Å². The molecular formula is C22H22N4O3. The number of nitrogens with one attached hydrogen (secondary N) is 2. The quantitative estimate of drug-likeness (QED) is 0.621. The molecule has 29 heavy (non-hydrogen) atoms. The van der Waals surface area contributed by atoms with E-state index < -0.39 is 5.97 Å². The molecule has 7 heteroatoms. The first-order chi connectivity index (χ1) is 14.0. The predicted molar refractivity (Wildman–Crippen MR) is 114 cm³/mol.